The molecule has 0 spiro atoms. The molecular formula is C19H24N4O2. The summed E-state index contributed by atoms with van der Waals surface area (Å²) in [5.74, 6) is 0.482. The molecule has 0 aliphatic carbocycles. The van der Waals surface area contributed by atoms with Crippen molar-refractivity contribution >= 4 is 11.7 Å². The molecule has 1 amide bonds. The Bertz CT molecular complexity index is 672. The number of benzene rings is 1. The number of nitrogens with zero attached hydrogens (tertiary/aromatic N) is 2. The number of anilines is 1. The van der Waals surface area contributed by atoms with Gasteiger partial charge >= 0.3 is 0 Å². The van der Waals surface area contributed by atoms with Gasteiger partial charge in [-0.1, -0.05) is 30.3 Å². The summed E-state index contributed by atoms with van der Waals surface area (Å²) in [7, 11) is 0. The number of nitrogens with one attached hydrogen (secondary N) is 2. The average Bonchev–Trinajstić information content (AvgIpc) is 3.18. The van der Waals surface area contributed by atoms with Crippen molar-refractivity contribution in [1.82, 2.24) is 15.3 Å². The number of rotatable bonds is 8. The zero-order chi connectivity index (χ0) is 17.3. The first kappa shape index (κ1) is 17.4. The quantitative estimate of drug-likeness (QED) is 0.722. The van der Waals surface area contributed by atoms with Crippen LogP contribution in [0.4, 0.5) is 5.82 Å². The van der Waals surface area contributed by atoms with Gasteiger partial charge in [0, 0.05) is 25.8 Å². The zero-order valence-electron chi connectivity index (χ0n) is 14.3. The van der Waals surface area contributed by atoms with Gasteiger partial charge in [0.05, 0.1) is 6.10 Å². The fourth-order valence-corrected chi connectivity index (χ4v) is 2.83. The van der Waals surface area contributed by atoms with Gasteiger partial charge in [-0.3, -0.25) is 4.79 Å². The van der Waals surface area contributed by atoms with Crippen LogP contribution in [0.5, 0.6) is 0 Å². The van der Waals surface area contributed by atoms with Gasteiger partial charge in [0.15, 0.2) is 0 Å². The summed E-state index contributed by atoms with van der Waals surface area (Å²) >= 11 is 0. The lowest BCUT2D eigenvalue weighted by Gasteiger charge is -2.11. The molecule has 0 radical (unpaired) electrons. The van der Waals surface area contributed by atoms with E-state index < -0.39 is 0 Å². The Morgan fingerprint density at radius 1 is 1.24 bits per heavy atom. The molecule has 1 aliphatic heterocycles. The third kappa shape index (κ3) is 5.53. The topological polar surface area (TPSA) is 76.1 Å². The van der Waals surface area contributed by atoms with E-state index >= 15 is 0 Å². The zero-order valence-corrected chi connectivity index (χ0v) is 14.3. The van der Waals surface area contributed by atoms with Gasteiger partial charge in [-0.25, -0.2) is 9.97 Å². The molecule has 1 unspecified atom stereocenters. The lowest BCUT2D eigenvalue weighted by atomic mass is 10.1. The van der Waals surface area contributed by atoms with Crippen molar-refractivity contribution in [3.63, 3.8) is 0 Å². The van der Waals surface area contributed by atoms with Crippen molar-refractivity contribution in [3.8, 4) is 0 Å². The summed E-state index contributed by atoms with van der Waals surface area (Å²) in [5.41, 5.74) is 1.69. The summed E-state index contributed by atoms with van der Waals surface area (Å²) < 4.78 is 5.51. The first-order valence-electron chi connectivity index (χ1n) is 8.81. The van der Waals surface area contributed by atoms with E-state index in [9.17, 15) is 4.79 Å². The summed E-state index contributed by atoms with van der Waals surface area (Å²) in [4.78, 5) is 20.4. The predicted octanol–water partition coefficient (Wildman–Crippen LogP) is 2.43. The van der Waals surface area contributed by atoms with Gasteiger partial charge in [-0.15, -0.1) is 0 Å². The minimum atomic E-state index is -0.190. The highest BCUT2D eigenvalue weighted by Gasteiger charge is 2.17. The average molecular weight is 340 g/mol. The minimum Gasteiger partial charge on any atom is -0.376 e. The number of hydrogen-bond donors (Lipinski definition) is 2. The SMILES string of the molecule is O=C(NCC1CCCO1)c1cc(NCCCc2ccccc2)ncn1. The highest BCUT2D eigenvalue weighted by Crippen LogP contribution is 2.11. The molecule has 1 saturated heterocycles. The molecule has 3 rings (SSSR count). The Balaban J connectivity index is 1.43. The maximum absolute atomic E-state index is 12.2. The Labute approximate surface area is 148 Å². The standard InChI is InChI=1S/C19H24N4O2/c24-19(21-13-16-9-5-11-25-16)17-12-18(23-14-22-17)20-10-4-8-15-6-2-1-3-7-15/h1-3,6-7,12,14,16H,4-5,8-11,13H2,(H,21,24)(H,20,22,23). The molecule has 1 atom stereocenters. The highest BCUT2D eigenvalue weighted by molar-refractivity contribution is 5.92. The van der Waals surface area contributed by atoms with Gasteiger partial charge < -0.3 is 15.4 Å². The van der Waals surface area contributed by atoms with Crippen LogP contribution in [-0.2, 0) is 11.2 Å². The van der Waals surface area contributed by atoms with Crippen molar-refractivity contribution in [2.45, 2.75) is 31.8 Å². The van der Waals surface area contributed by atoms with Gasteiger partial charge in [0.1, 0.15) is 17.8 Å². The molecule has 2 N–H and O–H groups in total. The van der Waals surface area contributed by atoms with Crippen LogP contribution < -0.4 is 10.6 Å². The number of aromatic nitrogens is 2. The largest absolute Gasteiger partial charge is 0.376 e. The van der Waals surface area contributed by atoms with Crippen molar-refractivity contribution in [2.24, 2.45) is 0 Å². The van der Waals surface area contributed by atoms with E-state index in [-0.39, 0.29) is 12.0 Å². The van der Waals surface area contributed by atoms with Crippen molar-refractivity contribution in [3.05, 3.63) is 54.0 Å². The van der Waals surface area contributed by atoms with Gasteiger partial charge in [0.2, 0.25) is 0 Å². The Kier molecular flexibility index (Phi) is 6.34. The number of amides is 1. The van der Waals surface area contributed by atoms with Crippen LogP contribution in [-0.4, -0.2) is 41.7 Å². The summed E-state index contributed by atoms with van der Waals surface area (Å²) in [6, 6.07) is 12.1. The normalized spacial score (nSPS) is 16.6. The lowest BCUT2D eigenvalue weighted by molar-refractivity contribution is 0.0853. The number of ether oxygens (including phenoxy) is 1. The molecule has 1 aliphatic rings. The number of hydrogen-bond acceptors (Lipinski definition) is 5. The van der Waals surface area contributed by atoms with Gasteiger partial charge in [-0.2, -0.15) is 0 Å². The second-order valence-electron chi connectivity index (χ2n) is 6.15. The summed E-state index contributed by atoms with van der Waals surface area (Å²) in [6.45, 7) is 2.11. The van der Waals surface area contributed by atoms with Crippen molar-refractivity contribution in [1.29, 1.82) is 0 Å². The maximum Gasteiger partial charge on any atom is 0.270 e. The maximum atomic E-state index is 12.2. The Hall–Kier alpha value is -2.47. The van der Waals surface area contributed by atoms with E-state index in [2.05, 4.69) is 44.9 Å². The molecule has 1 aromatic heterocycles. The molecule has 25 heavy (non-hydrogen) atoms. The summed E-state index contributed by atoms with van der Waals surface area (Å²) in [5, 5.41) is 6.13. The smallest absolute Gasteiger partial charge is 0.270 e. The van der Waals surface area contributed by atoms with Crippen LogP contribution in [0.25, 0.3) is 0 Å². The Morgan fingerprint density at radius 2 is 2.12 bits per heavy atom. The molecule has 2 heterocycles. The van der Waals surface area contributed by atoms with Crippen LogP contribution in [0.2, 0.25) is 0 Å². The third-order valence-electron chi connectivity index (χ3n) is 4.21. The molecule has 0 bridgehead atoms. The minimum absolute atomic E-state index is 0.126. The molecule has 6 nitrogen and oxygen atoms in total. The lowest BCUT2D eigenvalue weighted by Crippen LogP contribution is -2.32. The highest BCUT2D eigenvalue weighted by atomic mass is 16.5. The molecule has 2 aromatic rings. The van der Waals surface area contributed by atoms with E-state index in [1.165, 1.54) is 11.9 Å². The molecule has 1 aromatic carbocycles. The van der Waals surface area contributed by atoms with Crippen LogP contribution in [0.1, 0.15) is 35.3 Å². The molecule has 1 fully saturated rings. The van der Waals surface area contributed by atoms with E-state index in [0.717, 1.165) is 38.8 Å². The van der Waals surface area contributed by atoms with E-state index in [1.807, 2.05) is 6.07 Å². The van der Waals surface area contributed by atoms with Crippen LogP contribution in [0, 0.1) is 0 Å². The monoisotopic (exact) mass is 340 g/mol. The Morgan fingerprint density at radius 3 is 2.92 bits per heavy atom. The number of carbonyl (C=O) groups excluding carboxylic acids is 1. The predicted molar refractivity (Wildman–Crippen MR) is 96.6 cm³/mol. The molecule has 132 valence electrons. The van der Waals surface area contributed by atoms with Crippen LogP contribution in [0.3, 0.4) is 0 Å². The van der Waals surface area contributed by atoms with Gasteiger partial charge in [-0.05, 0) is 31.2 Å². The second-order valence-corrected chi connectivity index (χ2v) is 6.15. The van der Waals surface area contributed by atoms with Gasteiger partial charge in [0.25, 0.3) is 5.91 Å². The third-order valence-corrected chi connectivity index (χ3v) is 4.21. The molecule has 0 saturated carbocycles. The molecule has 6 heteroatoms. The first-order chi connectivity index (χ1) is 12.3. The summed E-state index contributed by atoms with van der Waals surface area (Å²) in [6.07, 6.45) is 5.60. The van der Waals surface area contributed by atoms with E-state index in [4.69, 9.17) is 4.74 Å². The van der Waals surface area contributed by atoms with Crippen LogP contribution in [0.15, 0.2) is 42.7 Å². The molecular weight excluding hydrogens is 316 g/mol. The fraction of sp³-hybridized carbons (Fsp3) is 0.421. The van der Waals surface area contributed by atoms with E-state index in [0.29, 0.717) is 18.1 Å². The van der Waals surface area contributed by atoms with Crippen molar-refractivity contribution in [2.75, 3.05) is 25.0 Å². The number of carbonyl (C=O) groups is 1. The second kappa shape index (κ2) is 9.13. The first-order valence-corrected chi connectivity index (χ1v) is 8.81. The number of aryl methyl sites for hydroxylation is 1. The van der Waals surface area contributed by atoms with Crippen molar-refractivity contribution < 1.29 is 9.53 Å². The van der Waals surface area contributed by atoms with Crippen LogP contribution >= 0.6 is 0 Å². The fourth-order valence-electron chi connectivity index (χ4n) is 2.83. The van der Waals surface area contributed by atoms with E-state index in [1.54, 1.807) is 6.07 Å².